The highest BCUT2D eigenvalue weighted by atomic mass is 15.2. The Morgan fingerprint density at radius 3 is 2.13 bits per heavy atom. The molecular weight excluding hydrogens is 573 g/mol. The van der Waals surface area contributed by atoms with Gasteiger partial charge in [0.1, 0.15) is 12.0 Å². The topological polar surface area (TPSA) is 41.7 Å². The van der Waals surface area contributed by atoms with Crippen LogP contribution in [-0.4, -0.2) is 16.2 Å². The number of allylic oxidation sites excluding steroid dienone is 4. The average Bonchev–Trinajstić information content (AvgIpc) is 3.53. The van der Waals surface area contributed by atoms with Crippen molar-refractivity contribution >= 4 is 33.5 Å². The van der Waals surface area contributed by atoms with E-state index >= 15 is 0 Å². The molecule has 0 bridgehead atoms. The maximum atomic E-state index is 5.09. The van der Waals surface area contributed by atoms with E-state index < -0.39 is 0 Å². The minimum absolute atomic E-state index is 0.0132. The molecule has 4 nitrogen and oxygen atoms in total. The molecular formula is C43H36N4. The summed E-state index contributed by atoms with van der Waals surface area (Å²) in [7, 11) is 0. The van der Waals surface area contributed by atoms with Crippen molar-refractivity contribution in [1.82, 2.24) is 9.88 Å². The number of aromatic nitrogens is 1. The number of hydrogen-bond donors (Lipinski definition) is 1. The summed E-state index contributed by atoms with van der Waals surface area (Å²) in [6.07, 6.45) is 9.00. The molecule has 3 atom stereocenters. The molecule has 6 aromatic rings. The largest absolute Gasteiger partial charge is 0.344 e. The monoisotopic (exact) mass is 608 g/mol. The van der Waals surface area contributed by atoms with Crippen molar-refractivity contribution in [2.75, 3.05) is 0 Å². The fourth-order valence-electron chi connectivity index (χ4n) is 8.31. The Labute approximate surface area is 275 Å². The second-order valence-corrected chi connectivity index (χ2v) is 13.8. The van der Waals surface area contributed by atoms with E-state index in [9.17, 15) is 0 Å². The van der Waals surface area contributed by atoms with Gasteiger partial charge in [0.25, 0.3) is 0 Å². The standard InChI is InChI=1S/C43H36N4/c1-42(2)34-27-37-33(26-35(34)43(3)25-13-12-20-38(42)43)32-18-10-11-19-36(32)47(37)31-23-21-30(22-24-31)41-45-39(28-14-6-4-7-15-28)44-40(46-41)29-16-8-5-9-17-29/h4-27,38,41H,1-3H3,(H,44,45,46). The molecule has 3 unspecified atom stereocenters. The van der Waals surface area contributed by atoms with Crippen LogP contribution in [0.2, 0.25) is 0 Å². The lowest BCUT2D eigenvalue weighted by Gasteiger charge is -2.36. The van der Waals surface area contributed by atoms with Gasteiger partial charge < -0.3 is 9.88 Å². The summed E-state index contributed by atoms with van der Waals surface area (Å²) in [5.74, 6) is 1.98. The second kappa shape index (κ2) is 10.3. The highest BCUT2D eigenvalue weighted by molar-refractivity contribution is 6.13. The maximum Gasteiger partial charge on any atom is 0.159 e. The summed E-state index contributed by atoms with van der Waals surface area (Å²) in [5.41, 5.74) is 9.63. The van der Waals surface area contributed by atoms with E-state index in [0.29, 0.717) is 5.92 Å². The van der Waals surface area contributed by atoms with Crippen LogP contribution in [0.4, 0.5) is 0 Å². The van der Waals surface area contributed by atoms with E-state index in [-0.39, 0.29) is 17.0 Å². The van der Waals surface area contributed by atoms with Crippen molar-refractivity contribution < 1.29 is 0 Å². The summed E-state index contributed by atoms with van der Waals surface area (Å²) in [6, 6.07) is 43.2. The number of rotatable bonds is 4. The van der Waals surface area contributed by atoms with E-state index in [1.54, 1.807) is 0 Å². The summed E-state index contributed by atoms with van der Waals surface area (Å²) < 4.78 is 2.44. The van der Waals surface area contributed by atoms with Gasteiger partial charge in [0.15, 0.2) is 5.84 Å². The van der Waals surface area contributed by atoms with E-state index in [4.69, 9.17) is 9.98 Å². The van der Waals surface area contributed by atoms with Crippen molar-refractivity contribution in [3.05, 3.63) is 173 Å². The highest BCUT2D eigenvalue weighted by Gasteiger charge is 2.52. The number of nitrogens with zero attached hydrogens (tertiary/aromatic N) is 3. The third-order valence-electron chi connectivity index (χ3n) is 10.7. The van der Waals surface area contributed by atoms with Gasteiger partial charge in [-0.1, -0.05) is 136 Å². The molecule has 228 valence electrons. The number of fused-ring (bicyclic) bond motifs is 6. The third-order valence-corrected chi connectivity index (χ3v) is 10.7. The van der Waals surface area contributed by atoms with Gasteiger partial charge in [0.2, 0.25) is 0 Å². The molecule has 3 aliphatic rings. The molecule has 9 rings (SSSR count). The van der Waals surface area contributed by atoms with Crippen molar-refractivity contribution in [1.29, 1.82) is 0 Å². The lowest BCUT2D eigenvalue weighted by atomic mass is 9.67. The summed E-state index contributed by atoms with van der Waals surface area (Å²) in [5, 5.41) is 6.20. The first-order chi connectivity index (χ1) is 22.9. The van der Waals surface area contributed by atoms with E-state index in [1.807, 2.05) is 36.4 Å². The Balaban J connectivity index is 1.16. The number of aliphatic imine (C=N–C) groups is 2. The second-order valence-electron chi connectivity index (χ2n) is 13.8. The number of nitrogens with one attached hydrogen (secondary N) is 1. The summed E-state index contributed by atoms with van der Waals surface area (Å²) in [6.45, 7) is 7.23. The molecule has 2 aliphatic carbocycles. The fourth-order valence-corrected chi connectivity index (χ4v) is 8.31. The molecule has 0 spiro atoms. The Morgan fingerprint density at radius 2 is 1.36 bits per heavy atom. The summed E-state index contributed by atoms with van der Waals surface area (Å²) in [4.78, 5) is 10.0. The van der Waals surface area contributed by atoms with E-state index in [0.717, 1.165) is 34.0 Å². The predicted octanol–water partition coefficient (Wildman–Crippen LogP) is 9.57. The van der Waals surface area contributed by atoms with Crippen molar-refractivity contribution in [3.8, 4) is 5.69 Å². The van der Waals surface area contributed by atoms with Crippen LogP contribution in [0, 0.1) is 5.92 Å². The SMILES string of the molecule is CC1(C)c2cc3c(cc2C2(C)C=CC=CC12)c1ccccc1n3-c1ccc(C2N=C(c3ccccc3)N=C(c3ccccc3)N2)cc1. The number of amidine groups is 2. The first-order valence-corrected chi connectivity index (χ1v) is 16.5. The fraction of sp³-hybridized carbons (Fsp3) is 0.163. The van der Waals surface area contributed by atoms with Gasteiger partial charge in [-0.15, -0.1) is 0 Å². The Morgan fingerprint density at radius 1 is 0.660 bits per heavy atom. The van der Waals surface area contributed by atoms with Crippen LogP contribution in [0.3, 0.4) is 0 Å². The molecule has 1 N–H and O–H groups in total. The molecule has 1 aromatic heterocycles. The molecule has 4 heteroatoms. The van der Waals surface area contributed by atoms with E-state index in [2.05, 4.69) is 140 Å². The molecule has 1 aliphatic heterocycles. The number of benzene rings is 5. The van der Waals surface area contributed by atoms with Gasteiger partial charge >= 0.3 is 0 Å². The smallest absolute Gasteiger partial charge is 0.159 e. The zero-order valence-corrected chi connectivity index (χ0v) is 26.9. The number of hydrogen-bond acceptors (Lipinski definition) is 3. The van der Waals surface area contributed by atoms with Crippen LogP contribution >= 0.6 is 0 Å². The van der Waals surface area contributed by atoms with Crippen molar-refractivity contribution in [2.45, 2.75) is 37.8 Å². The van der Waals surface area contributed by atoms with Crippen LogP contribution in [0.15, 0.2) is 156 Å². The van der Waals surface area contributed by atoms with E-state index in [1.165, 1.54) is 32.9 Å². The Bertz CT molecular complexity index is 2300. The highest BCUT2D eigenvalue weighted by Crippen LogP contribution is 2.57. The molecule has 0 radical (unpaired) electrons. The lowest BCUT2D eigenvalue weighted by molar-refractivity contribution is 0.324. The molecule has 2 heterocycles. The van der Waals surface area contributed by atoms with Crippen LogP contribution in [0.5, 0.6) is 0 Å². The molecule has 0 saturated carbocycles. The molecule has 0 saturated heterocycles. The molecule has 5 aromatic carbocycles. The maximum absolute atomic E-state index is 5.09. The zero-order valence-electron chi connectivity index (χ0n) is 26.9. The predicted molar refractivity (Wildman–Crippen MR) is 195 cm³/mol. The van der Waals surface area contributed by atoms with Crippen LogP contribution < -0.4 is 5.32 Å². The lowest BCUT2D eigenvalue weighted by Crippen LogP contribution is -2.34. The first-order valence-electron chi connectivity index (χ1n) is 16.5. The Kier molecular flexibility index (Phi) is 6.07. The van der Waals surface area contributed by atoms with Gasteiger partial charge in [-0.05, 0) is 58.4 Å². The van der Waals surface area contributed by atoms with Gasteiger partial charge in [-0.2, -0.15) is 0 Å². The average molecular weight is 609 g/mol. The normalized spacial score (nSPS) is 22.4. The molecule has 0 amide bonds. The summed E-state index contributed by atoms with van der Waals surface area (Å²) >= 11 is 0. The zero-order chi connectivity index (χ0) is 31.8. The first kappa shape index (κ1) is 27.8. The van der Waals surface area contributed by atoms with Crippen LogP contribution in [0.25, 0.3) is 27.5 Å². The number of para-hydroxylation sites is 1. The van der Waals surface area contributed by atoms with Crippen molar-refractivity contribution in [2.24, 2.45) is 15.9 Å². The van der Waals surface area contributed by atoms with Gasteiger partial charge in [0, 0.05) is 33.0 Å². The van der Waals surface area contributed by atoms with Crippen molar-refractivity contribution in [3.63, 3.8) is 0 Å². The molecule has 47 heavy (non-hydrogen) atoms. The van der Waals surface area contributed by atoms with Gasteiger partial charge in [-0.25, -0.2) is 9.98 Å². The minimum Gasteiger partial charge on any atom is -0.344 e. The quantitative estimate of drug-likeness (QED) is 0.213. The minimum atomic E-state index is -0.264. The third kappa shape index (κ3) is 4.21. The van der Waals surface area contributed by atoms with Crippen LogP contribution in [0.1, 0.15) is 54.8 Å². The van der Waals surface area contributed by atoms with Crippen LogP contribution in [-0.2, 0) is 10.8 Å². The van der Waals surface area contributed by atoms with Gasteiger partial charge in [-0.3, -0.25) is 0 Å². The molecule has 0 fully saturated rings. The Hall–Kier alpha value is -5.48. The van der Waals surface area contributed by atoms with Gasteiger partial charge in [0.05, 0.1) is 11.0 Å².